The van der Waals surface area contributed by atoms with E-state index in [0.29, 0.717) is 23.5 Å². The highest BCUT2D eigenvalue weighted by Gasteiger charge is 2.46. The number of aromatic nitrogens is 1. The van der Waals surface area contributed by atoms with Crippen molar-refractivity contribution in [3.05, 3.63) is 101 Å². The Kier molecular flexibility index (Phi) is 7.01. The Morgan fingerprint density at radius 3 is 2.62 bits per heavy atom. The number of ketones is 1. The normalized spacial score (nSPS) is 17.2. The molecule has 4 rings (SSSR count). The Labute approximate surface area is 197 Å². The summed E-state index contributed by atoms with van der Waals surface area (Å²) in [5.41, 5.74) is 1.55. The number of halogens is 1. The third-order valence-corrected chi connectivity index (χ3v) is 5.68. The summed E-state index contributed by atoms with van der Waals surface area (Å²) in [5.74, 6) is -1.73. The number of pyridine rings is 1. The Morgan fingerprint density at radius 2 is 1.91 bits per heavy atom. The van der Waals surface area contributed by atoms with Crippen molar-refractivity contribution in [2.75, 3.05) is 6.61 Å². The predicted octanol–water partition coefficient (Wildman–Crippen LogP) is 5.02. The van der Waals surface area contributed by atoms with Gasteiger partial charge in [0.2, 0.25) is 0 Å². The number of unbranched alkanes of at least 4 members (excludes halogenated alkanes) is 1. The minimum atomic E-state index is -0.884. The van der Waals surface area contributed by atoms with E-state index in [-0.39, 0.29) is 17.9 Å². The van der Waals surface area contributed by atoms with E-state index in [0.717, 1.165) is 18.4 Å². The average Bonchev–Trinajstić information content (AvgIpc) is 3.10. The van der Waals surface area contributed by atoms with Crippen molar-refractivity contribution in [2.45, 2.75) is 32.4 Å². The summed E-state index contributed by atoms with van der Waals surface area (Å²) < 4.78 is 19.4. The summed E-state index contributed by atoms with van der Waals surface area (Å²) in [6, 6.07) is 15.0. The molecule has 0 saturated carbocycles. The van der Waals surface area contributed by atoms with Crippen LogP contribution >= 0.6 is 0 Å². The van der Waals surface area contributed by atoms with Crippen LogP contribution < -0.4 is 4.74 Å². The van der Waals surface area contributed by atoms with Crippen molar-refractivity contribution in [2.24, 2.45) is 0 Å². The third kappa shape index (κ3) is 4.83. The zero-order chi connectivity index (χ0) is 24.1. The van der Waals surface area contributed by atoms with Crippen LogP contribution in [0.15, 0.2) is 78.6 Å². The Morgan fingerprint density at radius 1 is 1.12 bits per heavy atom. The number of aliphatic hydroxyl groups is 1. The quantitative estimate of drug-likeness (QED) is 0.221. The molecule has 1 N–H and O–H groups in total. The third-order valence-electron chi connectivity index (χ3n) is 5.68. The minimum absolute atomic E-state index is 0.0498. The summed E-state index contributed by atoms with van der Waals surface area (Å²) in [6.45, 7) is 2.70. The first-order valence-corrected chi connectivity index (χ1v) is 11.2. The molecule has 1 amide bonds. The van der Waals surface area contributed by atoms with Gasteiger partial charge in [-0.2, -0.15) is 0 Å². The molecule has 3 aromatic rings. The lowest BCUT2D eigenvalue weighted by Crippen LogP contribution is -2.29. The number of ether oxygens (including phenoxy) is 1. The number of hydrogen-bond donors (Lipinski definition) is 1. The van der Waals surface area contributed by atoms with Gasteiger partial charge in [-0.3, -0.25) is 14.6 Å². The van der Waals surface area contributed by atoms with Crippen LogP contribution in [0.3, 0.4) is 0 Å². The van der Waals surface area contributed by atoms with Gasteiger partial charge in [0, 0.05) is 24.5 Å². The summed E-state index contributed by atoms with van der Waals surface area (Å²) >= 11 is 0. The molecule has 1 unspecified atom stereocenters. The van der Waals surface area contributed by atoms with Crippen LogP contribution in [0.1, 0.15) is 42.5 Å². The molecule has 1 fully saturated rings. The van der Waals surface area contributed by atoms with Gasteiger partial charge in [0.05, 0.1) is 18.2 Å². The van der Waals surface area contributed by atoms with Gasteiger partial charge < -0.3 is 14.7 Å². The van der Waals surface area contributed by atoms with Gasteiger partial charge >= 0.3 is 0 Å². The standard InChI is InChI=1S/C27H25FN2O4/c1-2-3-14-34-22-8-4-7-20(15-22)25(31)23-24(19-9-11-21(28)12-10-19)30(27(33)26(23)32)17-18-6-5-13-29-16-18/h4-13,15-16,24,31H,2-3,14,17H2,1H3/b25-23+. The molecule has 174 valence electrons. The maximum atomic E-state index is 13.6. The fraction of sp³-hybridized carbons (Fsp3) is 0.222. The Balaban J connectivity index is 1.78. The van der Waals surface area contributed by atoms with Crippen LogP contribution in [-0.2, 0) is 16.1 Å². The lowest BCUT2D eigenvalue weighted by atomic mass is 9.95. The second kappa shape index (κ2) is 10.3. The molecule has 34 heavy (non-hydrogen) atoms. The molecule has 1 aliphatic heterocycles. The smallest absolute Gasteiger partial charge is 0.295 e. The number of Topliss-reactive ketones (excluding diaryl/α,β-unsaturated/α-hetero) is 1. The van der Waals surface area contributed by atoms with E-state index < -0.39 is 23.5 Å². The summed E-state index contributed by atoms with van der Waals surface area (Å²) in [5, 5.41) is 11.2. The van der Waals surface area contributed by atoms with E-state index in [4.69, 9.17) is 4.74 Å². The lowest BCUT2D eigenvalue weighted by molar-refractivity contribution is -0.140. The molecule has 6 nitrogen and oxygen atoms in total. The predicted molar refractivity (Wildman–Crippen MR) is 125 cm³/mol. The number of benzene rings is 2. The second-order valence-electron chi connectivity index (χ2n) is 8.07. The second-order valence-corrected chi connectivity index (χ2v) is 8.07. The van der Waals surface area contributed by atoms with Gasteiger partial charge in [-0.1, -0.05) is 43.7 Å². The Hall–Kier alpha value is -4.00. The van der Waals surface area contributed by atoms with Crippen molar-refractivity contribution in [1.82, 2.24) is 9.88 Å². The number of likely N-dealkylation sites (tertiary alicyclic amines) is 1. The molecule has 0 bridgehead atoms. The zero-order valence-corrected chi connectivity index (χ0v) is 18.8. The van der Waals surface area contributed by atoms with Crippen LogP contribution in [0.25, 0.3) is 5.76 Å². The van der Waals surface area contributed by atoms with E-state index in [9.17, 15) is 19.1 Å². The fourth-order valence-electron chi connectivity index (χ4n) is 3.95. The van der Waals surface area contributed by atoms with Gasteiger partial charge in [-0.25, -0.2) is 4.39 Å². The molecule has 0 spiro atoms. The lowest BCUT2D eigenvalue weighted by Gasteiger charge is -2.25. The number of rotatable bonds is 8. The van der Waals surface area contributed by atoms with E-state index in [1.54, 1.807) is 48.8 Å². The molecule has 2 aromatic carbocycles. The van der Waals surface area contributed by atoms with E-state index in [1.807, 2.05) is 0 Å². The number of amides is 1. The molecule has 0 aliphatic carbocycles. The number of carbonyl (C=O) groups is 2. The first kappa shape index (κ1) is 23.2. The van der Waals surface area contributed by atoms with Gasteiger partial charge in [0.1, 0.15) is 17.3 Å². The monoisotopic (exact) mass is 460 g/mol. The van der Waals surface area contributed by atoms with Crippen molar-refractivity contribution in [3.63, 3.8) is 0 Å². The van der Waals surface area contributed by atoms with Crippen LogP contribution in [-0.4, -0.2) is 33.3 Å². The van der Waals surface area contributed by atoms with Gasteiger partial charge in [0.15, 0.2) is 0 Å². The number of nitrogens with zero attached hydrogens (tertiary/aromatic N) is 2. The summed E-state index contributed by atoms with van der Waals surface area (Å²) in [7, 11) is 0. The molecule has 1 atom stereocenters. The Bertz CT molecular complexity index is 1210. The number of aliphatic hydroxyl groups excluding tert-OH is 1. The molecule has 2 heterocycles. The van der Waals surface area contributed by atoms with E-state index in [2.05, 4.69) is 11.9 Å². The topological polar surface area (TPSA) is 79.7 Å². The maximum absolute atomic E-state index is 13.6. The highest BCUT2D eigenvalue weighted by Crippen LogP contribution is 2.40. The van der Waals surface area contributed by atoms with Crippen LogP contribution in [0, 0.1) is 5.82 Å². The molecule has 1 aromatic heterocycles. The van der Waals surface area contributed by atoms with Crippen molar-refractivity contribution < 1.29 is 23.8 Å². The van der Waals surface area contributed by atoms with E-state index >= 15 is 0 Å². The summed E-state index contributed by atoms with van der Waals surface area (Å²) in [6.07, 6.45) is 5.10. The van der Waals surface area contributed by atoms with Crippen molar-refractivity contribution in [1.29, 1.82) is 0 Å². The van der Waals surface area contributed by atoms with Gasteiger partial charge in [0.25, 0.3) is 11.7 Å². The fourth-order valence-corrected chi connectivity index (χ4v) is 3.95. The van der Waals surface area contributed by atoms with Crippen molar-refractivity contribution >= 4 is 17.4 Å². The largest absolute Gasteiger partial charge is 0.507 e. The zero-order valence-electron chi connectivity index (χ0n) is 18.8. The first-order valence-electron chi connectivity index (χ1n) is 11.2. The number of carbonyl (C=O) groups excluding carboxylic acids is 2. The molecule has 0 radical (unpaired) electrons. The highest BCUT2D eigenvalue weighted by molar-refractivity contribution is 6.46. The van der Waals surface area contributed by atoms with Crippen LogP contribution in [0.5, 0.6) is 5.75 Å². The van der Waals surface area contributed by atoms with Crippen LogP contribution in [0.2, 0.25) is 0 Å². The maximum Gasteiger partial charge on any atom is 0.295 e. The molecular formula is C27H25FN2O4. The SMILES string of the molecule is CCCCOc1cccc(/C(O)=C2\C(=O)C(=O)N(Cc3cccnc3)C2c2ccc(F)cc2)c1. The minimum Gasteiger partial charge on any atom is -0.507 e. The molecular weight excluding hydrogens is 435 g/mol. The first-order chi connectivity index (χ1) is 16.5. The van der Waals surface area contributed by atoms with Gasteiger partial charge in [-0.15, -0.1) is 0 Å². The van der Waals surface area contributed by atoms with E-state index in [1.165, 1.54) is 29.2 Å². The van der Waals surface area contributed by atoms with Crippen molar-refractivity contribution in [3.8, 4) is 5.75 Å². The summed E-state index contributed by atoms with van der Waals surface area (Å²) in [4.78, 5) is 31.6. The van der Waals surface area contributed by atoms with Gasteiger partial charge in [-0.05, 0) is 47.9 Å². The number of hydrogen-bond acceptors (Lipinski definition) is 5. The highest BCUT2D eigenvalue weighted by atomic mass is 19.1. The molecule has 1 saturated heterocycles. The average molecular weight is 461 g/mol. The molecule has 1 aliphatic rings. The van der Waals surface area contributed by atoms with Crippen LogP contribution in [0.4, 0.5) is 4.39 Å². The molecule has 7 heteroatoms.